The minimum atomic E-state index is -0.849. The van der Waals surface area contributed by atoms with E-state index in [1.54, 1.807) is 18.0 Å². The van der Waals surface area contributed by atoms with E-state index in [2.05, 4.69) is 15.3 Å². The Morgan fingerprint density at radius 2 is 1.84 bits per heavy atom. The molecule has 0 unspecified atom stereocenters. The minimum Gasteiger partial charge on any atom is -0.483 e. The maximum atomic E-state index is 12.7. The van der Waals surface area contributed by atoms with E-state index in [-0.39, 0.29) is 24.2 Å². The van der Waals surface area contributed by atoms with Crippen LogP contribution in [0.4, 0.5) is 10.7 Å². The predicted octanol–water partition coefficient (Wildman–Crippen LogP) is 1.78. The molecule has 1 spiro atoms. The number of aryl methyl sites for hydroxylation is 1. The van der Waals surface area contributed by atoms with Crippen molar-refractivity contribution in [1.29, 1.82) is 0 Å². The van der Waals surface area contributed by atoms with E-state index in [4.69, 9.17) is 9.90 Å². The van der Waals surface area contributed by atoms with Crippen LogP contribution in [0.5, 0.6) is 0 Å². The number of imide groups is 1. The topological polar surface area (TPSA) is 133 Å². The van der Waals surface area contributed by atoms with Crippen LogP contribution in [0, 0.1) is 6.92 Å². The monoisotopic (exact) mass is 439 g/mol. The third kappa shape index (κ3) is 4.43. The number of nitrogens with zero attached hydrogens (tertiary/aromatic N) is 4. The fourth-order valence-corrected chi connectivity index (χ4v) is 4.11. The molecule has 0 bridgehead atoms. The Kier molecular flexibility index (Phi) is 6.82. The largest absolute Gasteiger partial charge is 0.483 e. The Morgan fingerprint density at radius 1 is 1.22 bits per heavy atom. The summed E-state index contributed by atoms with van der Waals surface area (Å²) >= 11 is 0. The SMILES string of the molecule is CC(=O)c1cnc(N2CCC3(CC2)C(=O)NC(=O)N3Cc2ccccc2)nc1C.O=CO. The van der Waals surface area contributed by atoms with E-state index in [1.807, 2.05) is 35.2 Å². The normalized spacial score (nSPS) is 16.9. The molecule has 3 heterocycles. The van der Waals surface area contributed by atoms with E-state index in [0.717, 1.165) is 5.56 Å². The Bertz CT molecular complexity index is 1020. The fourth-order valence-electron chi connectivity index (χ4n) is 4.11. The number of ketones is 1. The molecule has 2 aliphatic rings. The summed E-state index contributed by atoms with van der Waals surface area (Å²) < 4.78 is 0. The number of nitrogens with one attached hydrogen (secondary N) is 1. The Balaban J connectivity index is 0.000000913. The van der Waals surface area contributed by atoms with Crippen molar-refractivity contribution in [2.45, 2.75) is 38.8 Å². The van der Waals surface area contributed by atoms with Crippen molar-refractivity contribution in [2.75, 3.05) is 18.0 Å². The maximum Gasteiger partial charge on any atom is 0.325 e. The lowest BCUT2D eigenvalue weighted by Crippen LogP contribution is -2.56. The number of aromatic nitrogens is 2. The van der Waals surface area contributed by atoms with E-state index in [0.29, 0.717) is 49.7 Å². The molecule has 0 aliphatic carbocycles. The van der Waals surface area contributed by atoms with Crippen molar-refractivity contribution in [3.8, 4) is 0 Å². The van der Waals surface area contributed by atoms with Gasteiger partial charge in [-0.2, -0.15) is 0 Å². The number of carbonyl (C=O) groups excluding carboxylic acids is 3. The Morgan fingerprint density at radius 3 is 2.41 bits per heavy atom. The van der Waals surface area contributed by atoms with Gasteiger partial charge in [0.15, 0.2) is 5.78 Å². The lowest BCUT2D eigenvalue weighted by atomic mass is 9.86. The van der Waals surface area contributed by atoms with Crippen molar-refractivity contribution < 1.29 is 24.3 Å². The van der Waals surface area contributed by atoms with Crippen molar-refractivity contribution in [2.24, 2.45) is 0 Å². The number of carbonyl (C=O) groups is 4. The Labute approximate surface area is 185 Å². The van der Waals surface area contributed by atoms with Gasteiger partial charge in [-0.25, -0.2) is 14.8 Å². The molecule has 4 rings (SSSR count). The highest BCUT2D eigenvalue weighted by atomic mass is 16.3. The van der Waals surface area contributed by atoms with Crippen LogP contribution in [0.25, 0.3) is 0 Å². The zero-order valence-electron chi connectivity index (χ0n) is 17.9. The lowest BCUT2D eigenvalue weighted by Gasteiger charge is -2.42. The highest BCUT2D eigenvalue weighted by Gasteiger charge is 2.54. The number of piperidine rings is 1. The average molecular weight is 439 g/mol. The van der Waals surface area contributed by atoms with Gasteiger partial charge in [-0.3, -0.25) is 19.7 Å². The van der Waals surface area contributed by atoms with E-state index < -0.39 is 5.54 Å². The van der Waals surface area contributed by atoms with Gasteiger partial charge in [-0.05, 0) is 32.3 Å². The second-order valence-electron chi connectivity index (χ2n) is 7.68. The first-order chi connectivity index (χ1) is 15.3. The summed E-state index contributed by atoms with van der Waals surface area (Å²) in [4.78, 5) is 57.6. The molecule has 10 heteroatoms. The van der Waals surface area contributed by atoms with Crippen molar-refractivity contribution in [3.05, 3.63) is 53.3 Å². The first-order valence-corrected chi connectivity index (χ1v) is 10.2. The van der Waals surface area contributed by atoms with E-state index >= 15 is 0 Å². The summed E-state index contributed by atoms with van der Waals surface area (Å²) in [6.45, 7) is 4.52. The van der Waals surface area contributed by atoms with Gasteiger partial charge in [-0.1, -0.05) is 30.3 Å². The van der Waals surface area contributed by atoms with Crippen LogP contribution in [-0.2, 0) is 16.1 Å². The summed E-state index contributed by atoms with van der Waals surface area (Å²) in [6, 6.07) is 9.32. The molecule has 2 fully saturated rings. The van der Waals surface area contributed by atoms with E-state index in [9.17, 15) is 14.4 Å². The summed E-state index contributed by atoms with van der Waals surface area (Å²) in [7, 11) is 0. The third-order valence-corrected chi connectivity index (χ3v) is 5.81. The van der Waals surface area contributed by atoms with Gasteiger partial charge < -0.3 is 14.9 Å². The number of anilines is 1. The van der Waals surface area contributed by atoms with Gasteiger partial charge in [0, 0.05) is 25.8 Å². The van der Waals surface area contributed by atoms with Gasteiger partial charge in [0.1, 0.15) is 5.54 Å². The number of benzene rings is 1. The second kappa shape index (κ2) is 9.54. The molecule has 168 valence electrons. The van der Waals surface area contributed by atoms with Crippen LogP contribution in [0.3, 0.4) is 0 Å². The van der Waals surface area contributed by atoms with Gasteiger partial charge in [0.25, 0.3) is 12.4 Å². The Hall–Kier alpha value is -3.82. The minimum absolute atomic E-state index is 0.0654. The molecule has 32 heavy (non-hydrogen) atoms. The second-order valence-corrected chi connectivity index (χ2v) is 7.68. The van der Waals surface area contributed by atoms with Crippen molar-refractivity contribution >= 4 is 30.1 Å². The maximum absolute atomic E-state index is 12.7. The number of carboxylic acid groups (broad SMARTS) is 1. The summed E-state index contributed by atoms with van der Waals surface area (Å²) in [5, 5.41) is 9.38. The van der Waals surface area contributed by atoms with Crippen LogP contribution in [0.1, 0.15) is 41.4 Å². The molecule has 0 saturated carbocycles. The first-order valence-electron chi connectivity index (χ1n) is 10.2. The molecular formula is C22H25N5O5. The molecule has 2 aliphatic heterocycles. The first kappa shape index (κ1) is 22.9. The molecule has 1 aromatic carbocycles. The van der Waals surface area contributed by atoms with Crippen molar-refractivity contribution in [3.63, 3.8) is 0 Å². The number of amides is 3. The predicted molar refractivity (Wildman–Crippen MR) is 115 cm³/mol. The zero-order chi connectivity index (χ0) is 23.3. The van der Waals surface area contributed by atoms with Crippen LogP contribution < -0.4 is 10.2 Å². The molecule has 2 N–H and O–H groups in total. The van der Waals surface area contributed by atoms with Gasteiger partial charge in [-0.15, -0.1) is 0 Å². The molecule has 1 aromatic heterocycles. The van der Waals surface area contributed by atoms with E-state index in [1.165, 1.54) is 6.92 Å². The van der Waals surface area contributed by atoms with Gasteiger partial charge in [0.2, 0.25) is 5.95 Å². The fraction of sp³-hybridized carbons (Fsp3) is 0.364. The van der Waals surface area contributed by atoms with Crippen molar-refractivity contribution in [1.82, 2.24) is 20.2 Å². The number of urea groups is 1. The molecule has 3 amide bonds. The average Bonchev–Trinajstić information content (AvgIpc) is 2.99. The molecule has 0 atom stereocenters. The summed E-state index contributed by atoms with van der Waals surface area (Å²) in [5.74, 6) is 0.244. The van der Waals surface area contributed by atoms with Crippen LogP contribution in [0.15, 0.2) is 36.5 Å². The molecule has 0 radical (unpaired) electrons. The lowest BCUT2D eigenvalue weighted by molar-refractivity contribution is -0.128. The number of rotatable bonds is 4. The molecule has 2 saturated heterocycles. The van der Waals surface area contributed by atoms with Crippen LogP contribution in [0.2, 0.25) is 0 Å². The van der Waals surface area contributed by atoms with Gasteiger partial charge in [0.05, 0.1) is 11.3 Å². The quantitative estimate of drug-likeness (QED) is 0.418. The molecular weight excluding hydrogens is 414 g/mol. The van der Waals surface area contributed by atoms with Gasteiger partial charge >= 0.3 is 6.03 Å². The molecule has 10 nitrogen and oxygen atoms in total. The smallest absolute Gasteiger partial charge is 0.325 e. The highest BCUT2D eigenvalue weighted by Crippen LogP contribution is 2.35. The summed E-state index contributed by atoms with van der Waals surface area (Å²) in [5.41, 5.74) is 1.29. The van der Waals surface area contributed by atoms with Crippen LogP contribution in [-0.4, -0.2) is 62.8 Å². The van der Waals surface area contributed by atoms with Crippen LogP contribution >= 0.6 is 0 Å². The molecule has 2 aromatic rings. The standard InChI is InChI=1S/C21H23N5O3.CH2O2/c1-14-17(15(2)27)12-22-19(23-14)25-10-8-21(9-11-25)18(28)24-20(29)26(21)13-16-6-4-3-5-7-16;2-1-3/h3-7,12H,8-11,13H2,1-2H3,(H,24,28,29);1H,(H,2,3). The third-order valence-electron chi connectivity index (χ3n) is 5.81. The summed E-state index contributed by atoms with van der Waals surface area (Å²) in [6.07, 6.45) is 2.54. The highest BCUT2D eigenvalue weighted by molar-refractivity contribution is 6.07. The number of Topliss-reactive ketones (excluding diaryl/α,β-unsaturated/α-hetero) is 1. The zero-order valence-corrected chi connectivity index (χ0v) is 17.9. The number of hydrogen-bond donors (Lipinski definition) is 2. The number of hydrogen-bond acceptors (Lipinski definition) is 7.